The summed E-state index contributed by atoms with van der Waals surface area (Å²) in [5.41, 5.74) is -2.10. The lowest BCUT2D eigenvalue weighted by Gasteiger charge is -2.36. The van der Waals surface area contributed by atoms with Gasteiger partial charge in [-0.15, -0.1) is 0 Å². The van der Waals surface area contributed by atoms with Crippen LogP contribution in [0.2, 0.25) is 10.0 Å². The van der Waals surface area contributed by atoms with Gasteiger partial charge < -0.3 is 10.2 Å². The zero-order valence-electron chi connectivity index (χ0n) is 18.4. The molecule has 1 N–H and O–H groups in total. The smallest absolute Gasteiger partial charge is 0.388 e. The first-order valence-electron chi connectivity index (χ1n) is 10.6. The second-order valence-corrected chi connectivity index (χ2v) is 11.2. The molecule has 1 amide bonds. The number of sulfonamides is 1. The topological polar surface area (TPSA) is 88.1 Å². The highest BCUT2D eigenvalue weighted by Crippen LogP contribution is 2.37. The Morgan fingerprint density at radius 1 is 1.14 bits per heavy atom. The van der Waals surface area contributed by atoms with Gasteiger partial charge >= 0.3 is 6.18 Å². The minimum Gasteiger partial charge on any atom is -0.388 e. The zero-order valence-corrected chi connectivity index (χ0v) is 20.7. The monoisotopic (exact) mass is 567 g/mol. The van der Waals surface area contributed by atoms with Gasteiger partial charge in [0, 0.05) is 43.9 Å². The number of amides is 1. The van der Waals surface area contributed by atoms with Gasteiger partial charge in [-0.25, -0.2) is 12.8 Å². The molecule has 194 valence electrons. The molecule has 0 atom stereocenters. The van der Waals surface area contributed by atoms with Crippen LogP contribution in [-0.4, -0.2) is 43.0 Å². The number of hydrogen-bond donors (Lipinski definition) is 1. The van der Waals surface area contributed by atoms with Gasteiger partial charge in [-0.05, 0) is 42.0 Å². The van der Waals surface area contributed by atoms with Crippen LogP contribution in [-0.2, 0) is 32.4 Å². The molecule has 4 rings (SSSR count). The lowest BCUT2D eigenvalue weighted by Crippen LogP contribution is -2.47. The van der Waals surface area contributed by atoms with Crippen LogP contribution in [0.1, 0.15) is 30.4 Å². The quantitative estimate of drug-likeness (QED) is 0.527. The van der Waals surface area contributed by atoms with Gasteiger partial charge in [0.15, 0.2) is 0 Å². The van der Waals surface area contributed by atoms with E-state index in [9.17, 15) is 30.8 Å². The molecule has 0 saturated carbocycles. The molecule has 2 aliphatic rings. The second-order valence-electron chi connectivity index (χ2n) is 8.50. The van der Waals surface area contributed by atoms with E-state index in [1.807, 2.05) is 0 Å². The van der Waals surface area contributed by atoms with Crippen molar-refractivity contribution in [1.29, 1.82) is 0 Å². The summed E-state index contributed by atoms with van der Waals surface area (Å²) < 4.78 is 79.5. The Bertz CT molecular complexity index is 1330. The number of carbonyl (C=O) groups is 1. The van der Waals surface area contributed by atoms with Crippen molar-refractivity contribution in [1.82, 2.24) is 9.62 Å². The van der Waals surface area contributed by atoms with Crippen molar-refractivity contribution in [2.24, 2.45) is 5.16 Å². The van der Waals surface area contributed by atoms with Gasteiger partial charge in [0.1, 0.15) is 22.0 Å². The predicted molar refractivity (Wildman–Crippen MR) is 124 cm³/mol. The van der Waals surface area contributed by atoms with E-state index >= 15 is 0 Å². The Labute approximate surface area is 214 Å². The lowest BCUT2D eigenvalue weighted by atomic mass is 9.87. The summed E-state index contributed by atoms with van der Waals surface area (Å²) in [6.45, 7) is -0.184. The van der Waals surface area contributed by atoms with Gasteiger partial charge in [-0.2, -0.15) is 17.5 Å². The van der Waals surface area contributed by atoms with Crippen LogP contribution < -0.4 is 5.32 Å². The summed E-state index contributed by atoms with van der Waals surface area (Å²) >= 11 is 12.0. The largest absolute Gasteiger partial charge is 0.416 e. The maximum atomic E-state index is 13.6. The summed E-state index contributed by atoms with van der Waals surface area (Å²) in [6, 6.07) is 6.17. The van der Waals surface area contributed by atoms with Crippen LogP contribution in [0.15, 0.2) is 46.4 Å². The number of halogens is 6. The van der Waals surface area contributed by atoms with Crippen molar-refractivity contribution < 1.29 is 35.6 Å². The van der Waals surface area contributed by atoms with Crippen molar-refractivity contribution in [2.45, 2.75) is 42.5 Å². The van der Waals surface area contributed by atoms with E-state index in [-0.39, 0.29) is 65.1 Å². The number of oxime groups is 1. The SMILES string of the molecule is O=C(NCc1cc(F)cc(C(F)(F)F)c1)C1=NOC2(CCN(S(=O)(=O)c3cc(Cl)ccc3Cl)CC2)C1. The average Bonchev–Trinajstić information content (AvgIpc) is 3.22. The fourth-order valence-corrected chi connectivity index (χ4v) is 6.24. The molecule has 7 nitrogen and oxygen atoms in total. The molecule has 2 heterocycles. The van der Waals surface area contributed by atoms with E-state index in [4.69, 9.17) is 28.0 Å². The number of rotatable bonds is 5. The fraction of sp³-hybridized carbons (Fsp3) is 0.364. The minimum atomic E-state index is -4.73. The first-order chi connectivity index (χ1) is 16.8. The summed E-state index contributed by atoms with van der Waals surface area (Å²) in [5, 5.41) is 6.50. The molecule has 0 bridgehead atoms. The summed E-state index contributed by atoms with van der Waals surface area (Å²) in [4.78, 5) is 17.9. The molecule has 2 aromatic carbocycles. The maximum Gasteiger partial charge on any atom is 0.416 e. The van der Waals surface area contributed by atoms with Crippen LogP contribution >= 0.6 is 23.2 Å². The molecule has 36 heavy (non-hydrogen) atoms. The average molecular weight is 568 g/mol. The predicted octanol–water partition coefficient (Wildman–Crippen LogP) is 4.77. The van der Waals surface area contributed by atoms with E-state index in [1.165, 1.54) is 22.5 Å². The number of alkyl halides is 3. The van der Waals surface area contributed by atoms with Gasteiger partial charge in [-0.3, -0.25) is 4.79 Å². The molecule has 14 heteroatoms. The van der Waals surface area contributed by atoms with Crippen molar-refractivity contribution in [3.63, 3.8) is 0 Å². The van der Waals surface area contributed by atoms with Gasteiger partial charge in [0.2, 0.25) is 10.0 Å². The maximum absolute atomic E-state index is 13.6. The molecule has 1 spiro atoms. The van der Waals surface area contributed by atoms with E-state index in [0.717, 1.165) is 12.1 Å². The second kappa shape index (κ2) is 9.81. The number of nitrogens with zero attached hydrogens (tertiary/aromatic N) is 2. The van der Waals surface area contributed by atoms with Crippen molar-refractivity contribution in [2.75, 3.05) is 13.1 Å². The highest BCUT2D eigenvalue weighted by Gasteiger charge is 2.46. The third-order valence-corrected chi connectivity index (χ3v) is 8.60. The summed E-state index contributed by atoms with van der Waals surface area (Å²) in [7, 11) is -3.91. The molecule has 1 fully saturated rings. The van der Waals surface area contributed by atoms with Gasteiger partial charge in [0.05, 0.1) is 10.6 Å². The standard InChI is InChI=1S/C22H19Cl2F4N3O4S/c23-15-1-2-17(24)19(10-15)36(33,34)31-5-3-21(4-6-31)11-18(30-35-21)20(32)29-12-13-7-14(22(26,27)28)9-16(25)8-13/h1-2,7-10H,3-6,11-12H2,(H,29,32). The normalized spacial score (nSPS) is 18.1. The Balaban J connectivity index is 1.35. The number of benzene rings is 2. The molecule has 0 aliphatic carbocycles. The third kappa shape index (κ3) is 5.61. The molecule has 0 radical (unpaired) electrons. The molecule has 0 aromatic heterocycles. The highest BCUT2D eigenvalue weighted by atomic mass is 35.5. The van der Waals surface area contributed by atoms with Crippen LogP contribution in [0, 0.1) is 5.82 Å². The number of nitrogens with one attached hydrogen (secondary N) is 1. The van der Waals surface area contributed by atoms with Crippen LogP contribution in [0.5, 0.6) is 0 Å². The van der Waals surface area contributed by atoms with Gasteiger partial charge in [-0.1, -0.05) is 28.4 Å². The van der Waals surface area contributed by atoms with E-state index in [2.05, 4.69) is 10.5 Å². The fourth-order valence-electron chi connectivity index (χ4n) is 4.06. The first-order valence-corrected chi connectivity index (χ1v) is 12.8. The van der Waals surface area contributed by atoms with Crippen LogP contribution in [0.25, 0.3) is 0 Å². The van der Waals surface area contributed by atoms with Crippen molar-refractivity contribution in [3.8, 4) is 0 Å². The zero-order chi connectivity index (χ0) is 26.3. The van der Waals surface area contributed by atoms with Crippen molar-refractivity contribution in [3.05, 3.63) is 63.4 Å². The Morgan fingerprint density at radius 2 is 1.83 bits per heavy atom. The van der Waals surface area contributed by atoms with Crippen LogP contribution in [0.3, 0.4) is 0 Å². The lowest BCUT2D eigenvalue weighted by molar-refractivity contribution is -0.137. The molecule has 2 aromatic rings. The van der Waals surface area contributed by atoms with E-state index < -0.39 is 39.1 Å². The third-order valence-electron chi connectivity index (χ3n) is 5.98. The number of hydrogen-bond acceptors (Lipinski definition) is 5. The molecule has 0 unspecified atom stereocenters. The summed E-state index contributed by atoms with van der Waals surface area (Å²) in [6.07, 6.45) is -4.16. The first kappa shape index (κ1) is 26.6. The molecular weight excluding hydrogens is 549 g/mol. The Morgan fingerprint density at radius 3 is 2.50 bits per heavy atom. The minimum absolute atomic E-state index is 0.0108. The Hall–Kier alpha value is -2.41. The number of piperidine rings is 1. The number of carbonyl (C=O) groups excluding carboxylic acids is 1. The van der Waals surface area contributed by atoms with Crippen molar-refractivity contribution >= 4 is 44.8 Å². The molecular formula is C22H19Cl2F4N3O4S. The summed E-state index contributed by atoms with van der Waals surface area (Å²) in [5.74, 6) is -1.75. The Kier molecular flexibility index (Phi) is 7.26. The van der Waals surface area contributed by atoms with Crippen LogP contribution in [0.4, 0.5) is 17.6 Å². The van der Waals surface area contributed by atoms with E-state index in [0.29, 0.717) is 6.07 Å². The van der Waals surface area contributed by atoms with E-state index in [1.54, 1.807) is 0 Å². The molecule has 1 saturated heterocycles. The highest BCUT2D eigenvalue weighted by molar-refractivity contribution is 7.89. The van der Waals surface area contributed by atoms with Gasteiger partial charge in [0.25, 0.3) is 5.91 Å². The molecule has 2 aliphatic heterocycles.